The maximum Gasteiger partial charge on any atom is 0.303 e. The first-order valence-corrected chi connectivity index (χ1v) is 16.0. The van der Waals surface area contributed by atoms with Crippen molar-refractivity contribution < 1.29 is 48.6 Å². The number of aryl methyl sites for hydroxylation is 2. The van der Waals surface area contributed by atoms with Gasteiger partial charge in [-0.3, -0.25) is 29.8 Å². The van der Waals surface area contributed by atoms with E-state index in [1.54, 1.807) is 24.3 Å². The third-order valence-corrected chi connectivity index (χ3v) is 9.25. The van der Waals surface area contributed by atoms with Crippen LogP contribution in [0.15, 0.2) is 47.2 Å². The van der Waals surface area contributed by atoms with Gasteiger partial charge in [-0.15, -0.1) is 22.7 Å². The van der Waals surface area contributed by atoms with Crippen LogP contribution in [0, 0.1) is 20.2 Å². The maximum absolute atomic E-state index is 11.2. The highest BCUT2D eigenvalue weighted by atomic mass is 32.1. The molecule has 2 heterocycles. The Hall–Kier alpha value is -5.22. The minimum Gasteiger partial charge on any atom is -0.493 e. The van der Waals surface area contributed by atoms with Gasteiger partial charge in [0, 0.05) is 33.7 Å². The molecule has 0 aliphatic heterocycles. The van der Waals surface area contributed by atoms with Crippen LogP contribution < -0.4 is 18.9 Å². The average molecular weight is 703 g/mol. The lowest BCUT2D eigenvalue weighted by molar-refractivity contribution is -0.385. The van der Waals surface area contributed by atoms with Crippen LogP contribution in [0.25, 0.3) is 0 Å². The molecule has 256 valence electrons. The number of thiophene rings is 2. The molecule has 2 aromatic carbocycles. The van der Waals surface area contributed by atoms with Gasteiger partial charge in [-0.1, -0.05) is 12.1 Å². The van der Waals surface area contributed by atoms with Crippen molar-refractivity contribution in [2.24, 2.45) is 0 Å². The zero-order valence-electron chi connectivity index (χ0n) is 26.5. The first-order valence-electron chi connectivity index (χ1n) is 14.2. The quantitative estimate of drug-likeness (QED) is 0.0943. The van der Waals surface area contributed by atoms with E-state index in [9.17, 15) is 29.8 Å². The highest BCUT2D eigenvalue weighted by molar-refractivity contribution is 7.10. The van der Waals surface area contributed by atoms with E-state index in [0.717, 1.165) is 20.9 Å². The molecular weight excluding hydrogens is 668 g/mol. The van der Waals surface area contributed by atoms with Crippen molar-refractivity contribution in [3.63, 3.8) is 0 Å². The summed E-state index contributed by atoms with van der Waals surface area (Å²) in [6.45, 7) is 0. The van der Waals surface area contributed by atoms with E-state index in [4.69, 9.17) is 29.2 Å². The number of benzene rings is 2. The van der Waals surface area contributed by atoms with E-state index < -0.39 is 21.8 Å². The van der Waals surface area contributed by atoms with Crippen LogP contribution in [-0.2, 0) is 35.3 Å². The first-order chi connectivity index (χ1) is 22.9. The van der Waals surface area contributed by atoms with Crippen molar-refractivity contribution in [2.45, 2.75) is 38.5 Å². The molecule has 48 heavy (non-hydrogen) atoms. The van der Waals surface area contributed by atoms with Crippen molar-refractivity contribution in [1.29, 1.82) is 0 Å². The number of hydrogen-bond donors (Lipinski definition) is 2. The Bertz CT molecular complexity index is 1640. The number of rotatable bonds is 16. The molecule has 2 aromatic heterocycles. The Morgan fingerprint density at radius 1 is 0.646 bits per heavy atom. The number of methoxy groups -OCH3 is 4. The maximum atomic E-state index is 11.2. The second-order valence-electron chi connectivity index (χ2n) is 10.1. The zero-order chi connectivity index (χ0) is 35.4. The minimum absolute atomic E-state index is 0.0233. The van der Waals surface area contributed by atoms with Gasteiger partial charge in [0.05, 0.1) is 61.9 Å². The van der Waals surface area contributed by atoms with Crippen LogP contribution in [-0.4, -0.2) is 60.4 Å². The third kappa shape index (κ3) is 9.89. The smallest absolute Gasteiger partial charge is 0.303 e. The summed E-state index contributed by atoms with van der Waals surface area (Å²) in [5.74, 6) is 0.380. The fourth-order valence-corrected chi connectivity index (χ4v) is 6.80. The van der Waals surface area contributed by atoms with Crippen molar-refractivity contribution >= 4 is 46.0 Å². The van der Waals surface area contributed by atoms with E-state index in [2.05, 4.69) is 0 Å². The van der Waals surface area contributed by atoms with Crippen molar-refractivity contribution in [2.75, 3.05) is 28.4 Å². The lowest BCUT2D eigenvalue weighted by Gasteiger charge is -2.10. The largest absolute Gasteiger partial charge is 0.493 e. The number of ether oxygens (including phenoxy) is 4. The summed E-state index contributed by atoms with van der Waals surface area (Å²) < 4.78 is 20.9. The van der Waals surface area contributed by atoms with Crippen molar-refractivity contribution in [3.8, 4) is 23.0 Å². The third-order valence-electron chi connectivity index (χ3n) is 7.10. The molecule has 0 fully saturated rings. The van der Waals surface area contributed by atoms with Crippen LogP contribution in [0.1, 0.15) is 44.8 Å². The van der Waals surface area contributed by atoms with Gasteiger partial charge in [-0.05, 0) is 48.2 Å². The molecule has 0 amide bonds. The number of hydrogen-bond acceptors (Lipinski definition) is 12. The second kappa shape index (κ2) is 17.6. The molecule has 16 heteroatoms. The Labute approximate surface area is 283 Å². The minimum atomic E-state index is -0.928. The van der Waals surface area contributed by atoms with Gasteiger partial charge >= 0.3 is 11.9 Å². The van der Waals surface area contributed by atoms with E-state index in [-0.39, 0.29) is 37.1 Å². The van der Waals surface area contributed by atoms with Gasteiger partial charge in [0.25, 0.3) is 11.4 Å². The molecule has 0 atom stereocenters. The molecule has 0 bridgehead atoms. The molecule has 4 rings (SSSR count). The van der Waals surface area contributed by atoms with Gasteiger partial charge in [-0.25, -0.2) is 0 Å². The second-order valence-corrected chi connectivity index (χ2v) is 12.0. The van der Waals surface area contributed by atoms with Crippen molar-refractivity contribution in [1.82, 2.24) is 0 Å². The van der Waals surface area contributed by atoms with Crippen LogP contribution in [0.5, 0.6) is 23.0 Å². The van der Waals surface area contributed by atoms with Crippen LogP contribution >= 0.6 is 22.7 Å². The number of nitrogens with zero attached hydrogens (tertiary/aromatic N) is 2. The number of carbonyl (C=O) groups is 2. The standard InChI is InChI=1S/2C16H17NO6S/c2*1-22-13-4-3-10(8-14(13)23-2)7-11-12(17(20)21)9-24-15(11)5-6-16(18)19/h2*3-4,8-9H,5-7H2,1-2H3,(H,18,19). The Morgan fingerprint density at radius 2 is 1.00 bits per heavy atom. The van der Waals surface area contributed by atoms with Gasteiger partial charge in [0.2, 0.25) is 0 Å². The predicted octanol–water partition coefficient (Wildman–Crippen LogP) is 6.56. The summed E-state index contributed by atoms with van der Waals surface area (Å²) in [6, 6.07) is 10.6. The summed E-state index contributed by atoms with van der Waals surface area (Å²) in [7, 11) is 6.11. The van der Waals surface area contributed by atoms with Crippen LogP contribution in [0.2, 0.25) is 0 Å². The van der Waals surface area contributed by atoms with Gasteiger partial charge < -0.3 is 29.2 Å². The molecule has 0 unspecified atom stereocenters. The molecule has 4 aromatic rings. The monoisotopic (exact) mass is 702 g/mol. The molecule has 0 aliphatic carbocycles. The lowest BCUT2D eigenvalue weighted by Crippen LogP contribution is -2.01. The molecule has 0 aliphatic rings. The average Bonchev–Trinajstić information content (AvgIpc) is 3.66. The topological polar surface area (TPSA) is 198 Å². The number of aliphatic carboxylic acids is 2. The first kappa shape index (κ1) is 37.2. The molecule has 0 saturated heterocycles. The van der Waals surface area contributed by atoms with Gasteiger partial charge in [-0.2, -0.15) is 0 Å². The Kier molecular flexibility index (Phi) is 13.7. The SMILES string of the molecule is COc1ccc(Cc2c([N+](=O)[O-])csc2CCC(=O)O)cc1OC.COc1ccc(Cc2c([N+](=O)[O-])csc2CCC(=O)O)cc1OC. The highest BCUT2D eigenvalue weighted by Gasteiger charge is 2.23. The predicted molar refractivity (Wildman–Crippen MR) is 179 cm³/mol. The molecular formula is C32H34N2O12S2. The van der Waals surface area contributed by atoms with Crippen LogP contribution in [0.4, 0.5) is 11.4 Å². The van der Waals surface area contributed by atoms with E-state index >= 15 is 0 Å². The summed E-state index contributed by atoms with van der Waals surface area (Å²) in [4.78, 5) is 44.6. The zero-order valence-corrected chi connectivity index (χ0v) is 28.2. The fraction of sp³-hybridized carbons (Fsp3) is 0.312. The van der Waals surface area contributed by atoms with E-state index in [1.165, 1.54) is 61.9 Å². The summed E-state index contributed by atoms with van der Waals surface area (Å²) in [6.07, 6.45) is 1.09. The summed E-state index contributed by atoms with van der Waals surface area (Å²) in [5, 5.41) is 43.1. The molecule has 0 spiro atoms. The van der Waals surface area contributed by atoms with E-state index in [0.29, 0.717) is 47.0 Å². The number of carboxylic acids is 2. The molecule has 2 N–H and O–H groups in total. The van der Waals surface area contributed by atoms with Crippen LogP contribution in [0.3, 0.4) is 0 Å². The molecule has 0 saturated carbocycles. The van der Waals surface area contributed by atoms with E-state index in [1.807, 2.05) is 12.1 Å². The normalized spacial score (nSPS) is 10.4. The Balaban J connectivity index is 0.000000260. The highest BCUT2D eigenvalue weighted by Crippen LogP contribution is 2.36. The number of nitro groups is 2. The summed E-state index contributed by atoms with van der Waals surface area (Å²) >= 11 is 2.44. The Morgan fingerprint density at radius 3 is 1.29 bits per heavy atom. The molecule has 14 nitrogen and oxygen atoms in total. The fourth-order valence-electron chi connectivity index (χ4n) is 4.76. The summed E-state index contributed by atoms with van der Waals surface area (Å²) in [5.41, 5.74) is 2.80. The number of carboxylic acid groups (broad SMARTS) is 2. The van der Waals surface area contributed by atoms with Crippen molar-refractivity contribution in [3.05, 3.63) is 99.4 Å². The van der Waals surface area contributed by atoms with Gasteiger partial charge in [0.1, 0.15) is 0 Å². The van der Waals surface area contributed by atoms with Gasteiger partial charge in [0.15, 0.2) is 23.0 Å². The lowest BCUT2D eigenvalue weighted by atomic mass is 10.0. The molecule has 0 radical (unpaired) electrons.